The fourth-order valence-electron chi connectivity index (χ4n) is 2.59. The Labute approximate surface area is 85.9 Å². The quantitative estimate of drug-likeness (QED) is 0.678. The maximum Gasteiger partial charge on any atom is 0.0670 e. The molecule has 0 aromatic rings. The van der Waals surface area contributed by atoms with Crippen molar-refractivity contribution >= 4 is 0 Å². The van der Waals surface area contributed by atoms with E-state index in [4.69, 9.17) is 4.74 Å². The normalized spacial score (nSPS) is 30.7. The Balaban J connectivity index is 1.46. The zero-order chi connectivity index (χ0) is 9.38. The summed E-state index contributed by atoms with van der Waals surface area (Å²) >= 11 is 0. The Hall–Kier alpha value is -0.500. The fraction of sp³-hybridized carbons (Fsp3) is 0.833. The van der Waals surface area contributed by atoms with Crippen LogP contribution in [0, 0.1) is 5.92 Å². The summed E-state index contributed by atoms with van der Waals surface area (Å²) in [7, 11) is 0. The third-order valence-electron chi connectivity index (χ3n) is 3.65. The van der Waals surface area contributed by atoms with Crippen molar-refractivity contribution in [3.63, 3.8) is 0 Å². The first kappa shape index (κ1) is 8.78. The van der Waals surface area contributed by atoms with Crippen molar-refractivity contribution in [2.75, 3.05) is 19.8 Å². The number of ether oxygens (including phenoxy) is 1. The highest BCUT2D eigenvalue weighted by molar-refractivity contribution is 5.14. The smallest absolute Gasteiger partial charge is 0.0670 e. The molecule has 1 saturated carbocycles. The highest BCUT2D eigenvalue weighted by atomic mass is 16.5. The molecule has 2 heteroatoms. The van der Waals surface area contributed by atoms with Gasteiger partial charge in [-0.05, 0) is 38.0 Å². The molecule has 0 aromatic carbocycles. The van der Waals surface area contributed by atoms with Crippen LogP contribution in [0.5, 0.6) is 0 Å². The molecule has 0 bridgehead atoms. The monoisotopic (exact) mass is 193 g/mol. The molecule has 78 valence electrons. The Morgan fingerprint density at radius 1 is 1.29 bits per heavy atom. The summed E-state index contributed by atoms with van der Waals surface area (Å²) in [5.74, 6) is 0.907. The number of hydrogen-bond donors (Lipinski definition) is 0. The molecule has 0 radical (unpaired) electrons. The molecule has 1 saturated heterocycles. The fourth-order valence-corrected chi connectivity index (χ4v) is 2.59. The van der Waals surface area contributed by atoms with E-state index in [1.165, 1.54) is 38.6 Å². The predicted octanol–water partition coefficient (Wildman–Crippen LogP) is 2.17. The van der Waals surface area contributed by atoms with Gasteiger partial charge in [0.15, 0.2) is 0 Å². The van der Waals surface area contributed by atoms with Crippen LogP contribution in [-0.4, -0.2) is 30.7 Å². The van der Waals surface area contributed by atoms with E-state index in [-0.39, 0.29) is 0 Å². The number of nitrogens with zero attached hydrogens (tertiary/aromatic N) is 1. The van der Waals surface area contributed by atoms with Gasteiger partial charge in [0.25, 0.3) is 0 Å². The van der Waals surface area contributed by atoms with Crippen molar-refractivity contribution < 1.29 is 4.74 Å². The maximum absolute atomic E-state index is 5.78. The first-order chi connectivity index (χ1) is 6.93. The van der Waals surface area contributed by atoms with Gasteiger partial charge in [-0.15, -0.1) is 0 Å². The standard InChI is InChI=1S/C12H19NO/c1-2-11-5-6-12(13(11)7-1)9-14-8-10-3-4-10/h2,10,12H,1,3-9H2/t12-/m0/s1. The molecule has 0 spiro atoms. The largest absolute Gasteiger partial charge is 0.379 e. The van der Waals surface area contributed by atoms with Crippen LogP contribution in [-0.2, 0) is 4.74 Å². The Kier molecular flexibility index (Phi) is 2.24. The second-order valence-corrected chi connectivity index (χ2v) is 4.85. The second-order valence-electron chi connectivity index (χ2n) is 4.85. The Morgan fingerprint density at radius 2 is 2.21 bits per heavy atom. The lowest BCUT2D eigenvalue weighted by Gasteiger charge is -2.23. The van der Waals surface area contributed by atoms with Crippen LogP contribution in [0.3, 0.4) is 0 Å². The second kappa shape index (κ2) is 3.58. The molecule has 2 nitrogen and oxygen atoms in total. The zero-order valence-electron chi connectivity index (χ0n) is 8.74. The van der Waals surface area contributed by atoms with Crippen molar-refractivity contribution in [1.29, 1.82) is 0 Å². The van der Waals surface area contributed by atoms with Gasteiger partial charge in [0.2, 0.25) is 0 Å². The molecule has 14 heavy (non-hydrogen) atoms. The lowest BCUT2D eigenvalue weighted by Crippen LogP contribution is -2.30. The molecule has 1 atom stereocenters. The lowest BCUT2D eigenvalue weighted by atomic mass is 10.2. The first-order valence-electron chi connectivity index (χ1n) is 5.97. The van der Waals surface area contributed by atoms with Crippen molar-refractivity contribution in [1.82, 2.24) is 4.90 Å². The summed E-state index contributed by atoms with van der Waals surface area (Å²) in [6, 6.07) is 0.697. The molecular weight excluding hydrogens is 174 g/mol. The third kappa shape index (κ3) is 1.68. The van der Waals surface area contributed by atoms with E-state index in [2.05, 4.69) is 11.0 Å². The molecule has 0 amide bonds. The van der Waals surface area contributed by atoms with Crippen molar-refractivity contribution in [3.8, 4) is 0 Å². The van der Waals surface area contributed by atoms with E-state index in [1.54, 1.807) is 5.70 Å². The van der Waals surface area contributed by atoms with Gasteiger partial charge in [-0.2, -0.15) is 0 Å². The van der Waals surface area contributed by atoms with Gasteiger partial charge in [-0.3, -0.25) is 0 Å². The molecule has 2 heterocycles. The van der Waals surface area contributed by atoms with Crippen molar-refractivity contribution in [2.45, 2.75) is 38.1 Å². The van der Waals surface area contributed by atoms with Crippen molar-refractivity contribution in [3.05, 3.63) is 11.8 Å². The summed E-state index contributed by atoms with van der Waals surface area (Å²) < 4.78 is 5.78. The number of rotatable bonds is 4. The number of allylic oxidation sites excluding steroid dienone is 1. The number of fused-ring (bicyclic) bond motifs is 1. The van der Waals surface area contributed by atoms with E-state index in [0.29, 0.717) is 6.04 Å². The topological polar surface area (TPSA) is 12.5 Å². The summed E-state index contributed by atoms with van der Waals surface area (Å²) in [5.41, 5.74) is 1.59. The Bertz CT molecular complexity index is 245. The van der Waals surface area contributed by atoms with E-state index < -0.39 is 0 Å². The summed E-state index contributed by atoms with van der Waals surface area (Å²) in [4.78, 5) is 2.56. The molecular formula is C12H19NO. The molecule has 2 fully saturated rings. The summed E-state index contributed by atoms with van der Waals surface area (Å²) in [6.07, 6.45) is 9.07. The van der Waals surface area contributed by atoms with Crippen LogP contribution in [0.25, 0.3) is 0 Å². The minimum absolute atomic E-state index is 0.697. The number of hydrogen-bond acceptors (Lipinski definition) is 2. The van der Waals surface area contributed by atoms with Gasteiger partial charge in [0.05, 0.1) is 12.6 Å². The molecule has 1 aliphatic carbocycles. The van der Waals surface area contributed by atoms with Gasteiger partial charge in [-0.1, -0.05) is 6.08 Å². The summed E-state index contributed by atoms with van der Waals surface area (Å²) in [5, 5.41) is 0. The van der Waals surface area contributed by atoms with Crippen LogP contribution >= 0.6 is 0 Å². The molecule has 0 unspecified atom stereocenters. The van der Waals surface area contributed by atoms with E-state index in [0.717, 1.165) is 19.1 Å². The average Bonchev–Trinajstić information content (AvgIpc) is 2.76. The SMILES string of the molecule is C1=C2CC[C@@H](COCC3CC3)N2CC1. The average molecular weight is 193 g/mol. The van der Waals surface area contributed by atoms with Crippen LogP contribution in [0.4, 0.5) is 0 Å². The molecule has 3 rings (SSSR count). The van der Waals surface area contributed by atoms with Gasteiger partial charge in [0, 0.05) is 18.8 Å². The van der Waals surface area contributed by atoms with Crippen LogP contribution in [0.2, 0.25) is 0 Å². The van der Waals surface area contributed by atoms with Crippen LogP contribution < -0.4 is 0 Å². The highest BCUT2D eigenvalue weighted by Gasteiger charge is 2.30. The Morgan fingerprint density at radius 3 is 3.07 bits per heavy atom. The first-order valence-corrected chi connectivity index (χ1v) is 5.97. The van der Waals surface area contributed by atoms with Crippen LogP contribution in [0.1, 0.15) is 32.1 Å². The van der Waals surface area contributed by atoms with Gasteiger partial charge in [-0.25, -0.2) is 0 Å². The van der Waals surface area contributed by atoms with E-state index in [9.17, 15) is 0 Å². The van der Waals surface area contributed by atoms with E-state index in [1.807, 2.05) is 0 Å². The maximum atomic E-state index is 5.78. The zero-order valence-corrected chi connectivity index (χ0v) is 8.74. The van der Waals surface area contributed by atoms with Gasteiger partial charge >= 0.3 is 0 Å². The molecule has 2 aliphatic heterocycles. The van der Waals surface area contributed by atoms with Gasteiger partial charge in [0.1, 0.15) is 0 Å². The van der Waals surface area contributed by atoms with Crippen LogP contribution in [0.15, 0.2) is 11.8 Å². The summed E-state index contributed by atoms with van der Waals surface area (Å²) in [6.45, 7) is 3.23. The van der Waals surface area contributed by atoms with Gasteiger partial charge < -0.3 is 9.64 Å². The lowest BCUT2D eigenvalue weighted by molar-refractivity contribution is 0.0794. The molecule has 0 aromatic heterocycles. The third-order valence-corrected chi connectivity index (χ3v) is 3.65. The van der Waals surface area contributed by atoms with E-state index >= 15 is 0 Å². The van der Waals surface area contributed by atoms with Crippen molar-refractivity contribution in [2.24, 2.45) is 5.92 Å². The molecule has 3 aliphatic rings. The molecule has 0 N–H and O–H groups in total. The highest BCUT2D eigenvalue weighted by Crippen LogP contribution is 2.33. The predicted molar refractivity (Wildman–Crippen MR) is 56.0 cm³/mol. The minimum atomic E-state index is 0.697. The minimum Gasteiger partial charge on any atom is -0.379 e.